The van der Waals surface area contributed by atoms with Gasteiger partial charge in [-0.15, -0.1) is 0 Å². The first-order valence-corrected chi connectivity index (χ1v) is 21.7. The number of unbranched alkanes of at least 4 members (excludes halogenated alkanes) is 20. The fourth-order valence-electron chi connectivity index (χ4n) is 8.33. The van der Waals surface area contributed by atoms with Crippen LogP contribution in [-0.2, 0) is 25.7 Å². The van der Waals surface area contributed by atoms with E-state index in [1.165, 1.54) is 0 Å². The number of carboxylic acid groups (broad SMARTS) is 4. The summed E-state index contributed by atoms with van der Waals surface area (Å²) in [6.45, 7) is 8.56. The molecule has 0 spiro atoms. The Bertz CT molecular complexity index is 1270. The lowest BCUT2D eigenvalue weighted by molar-refractivity contribution is 0.0673. The monoisotopic (exact) mass is 753 g/mol. The number of aromatic carboxylic acids is 4. The minimum Gasteiger partial charge on any atom is -0.478 e. The minimum atomic E-state index is -1.34. The summed E-state index contributed by atoms with van der Waals surface area (Å²) in [6.07, 6.45) is 23.9. The molecule has 54 heavy (non-hydrogen) atoms. The normalized spacial score (nSPS) is 11.4. The van der Waals surface area contributed by atoms with Crippen molar-refractivity contribution in [2.24, 2.45) is 0 Å². The van der Waals surface area contributed by atoms with Crippen LogP contribution in [0, 0.1) is 0 Å². The molecule has 0 heterocycles. The molecule has 0 aliphatic heterocycles. The van der Waals surface area contributed by atoms with E-state index in [9.17, 15) is 39.6 Å². The van der Waals surface area contributed by atoms with Crippen molar-refractivity contribution < 1.29 is 39.6 Å². The lowest BCUT2D eigenvalue weighted by atomic mass is 9.77. The van der Waals surface area contributed by atoms with E-state index in [-0.39, 0.29) is 33.0 Å². The largest absolute Gasteiger partial charge is 0.478 e. The van der Waals surface area contributed by atoms with Crippen molar-refractivity contribution in [3.05, 3.63) is 44.5 Å². The highest BCUT2D eigenvalue weighted by Crippen LogP contribution is 2.42. The second kappa shape index (κ2) is 26.4. The smallest absolute Gasteiger partial charge is 0.336 e. The molecule has 0 aromatic heterocycles. The van der Waals surface area contributed by atoms with Crippen molar-refractivity contribution in [3.63, 3.8) is 0 Å². The van der Waals surface area contributed by atoms with Gasteiger partial charge in [-0.3, -0.25) is 0 Å². The molecule has 0 saturated heterocycles. The van der Waals surface area contributed by atoms with Crippen molar-refractivity contribution in [3.8, 4) is 0 Å². The highest BCUT2D eigenvalue weighted by molar-refractivity contribution is 6.24. The predicted octanol–water partition coefficient (Wildman–Crippen LogP) is 13.2. The fraction of sp³-hybridized carbons (Fsp3) is 0.696. The van der Waals surface area contributed by atoms with Crippen LogP contribution in [0.2, 0.25) is 0 Å². The molecule has 8 nitrogen and oxygen atoms in total. The van der Waals surface area contributed by atoms with Gasteiger partial charge in [0.05, 0.1) is 22.3 Å². The maximum atomic E-state index is 13.5. The highest BCUT2D eigenvalue weighted by Gasteiger charge is 2.35. The van der Waals surface area contributed by atoms with Crippen molar-refractivity contribution in [2.45, 2.75) is 207 Å². The molecule has 304 valence electrons. The van der Waals surface area contributed by atoms with Gasteiger partial charge in [0.2, 0.25) is 0 Å². The van der Waals surface area contributed by atoms with Crippen LogP contribution in [0.1, 0.15) is 245 Å². The number of carbonyl (C=O) groups is 4. The summed E-state index contributed by atoms with van der Waals surface area (Å²) in [7, 11) is 0. The predicted molar refractivity (Wildman–Crippen MR) is 220 cm³/mol. The molecule has 0 fully saturated rings. The van der Waals surface area contributed by atoms with Gasteiger partial charge in [0, 0.05) is 10.8 Å². The van der Waals surface area contributed by atoms with E-state index in [2.05, 4.69) is 27.7 Å². The lowest BCUT2D eigenvalue weighted by Crippen LogP contribution is -2.21. The van der Waals surface area contributed by atoms with Crippen molar-refractivity contribution in [2.75, 3.05) is 0 Å². The molecule has 2 aromatic carbocycles. The summed E-state index contributed by atoms with van der Waals surface area (Å²) in [4.78, 5) is 54.1. The first-order valence-electron chi connectivity index (χ1n) is 21.7. The van der Waals surface area contributed by atoms with E-state index in [4.69, 9.17) is 0 Å². The molecular weight excluding hydrogens is 680 g/mol. The number of benzene rings is 2. The second-order valence-corrected chi connectivity index (χ2v) is 15.5. The van der Waals surface area contributed by atoms with Gasteiger partial charge >= 0.3 is 23.9 Å². The molecule has 0 bridgehead atoms. The number of hydrogen-bond acceptors (Lipinski definition) is 4. The van der Waals surface area contributed by atoms with Gasteiger partial charge in [-0.2, -0.15) is 0 Å². The van der Waals surface area contributed by atoms with Crippen molar-refractivity contribution in [1.29, 1.82) is 0 Å². The zero-order chi connectivity index (χ0) is 39.9. The van der Waals surface area contributed by atoms with Gasteiger partial charge in [0.15, 0.2) is 0 Å². The fourth-order valence-corrected chi connectivity index (χ4v) is 8.33. The van der Waals surface area contributed by atoms with E-state index < -0.39 is 23.9 Å². The van der Waals surface area contributed by atoms with Gasteiger partial charge in [0.25, 0.3) is 0 Å². The Morgan fingerprint density at radius 1 is 0.296 bits per heavy atom. The Morgan fingerprint density at radius 3 is 0.630 bits per heavy atom. The molecule has 2 rings (SSSR count). The summed E-state index contributed by atoms with van der Waals surface area (Å²) >= 11 is 0. The SMILES string of the molecule is CCCCCCCCc1c(CCCCCCCC)c(C(=O)O)c2c(C(=O)O)c(CCCCCCCC)c(CCCCCCCC)c(C(=O)O)c2c1C(=O)O. The molecule has 0 unspecified atom stereocenters. The van der Waals surface area contributed by atoms with Gasteiger partial charge in [0.1, 0.15) is 0 Å². The van der Waals surface area contributed by atoms with Gasteiger partial charge in [-0.05, 0) is 73.6 Å². The maximum absolute atomic E-state index is 13.5. The Balaban J connectivity index is 3.05. The average molecular weight is 753 g/mol. The number of hydrogen-bond donors (Lipinski definition) is 4. The quantitative estimate of drug-likeness (QED) is 0.0539. The van der Waals surface area contributed by atoms with Crippen molar-refractivity contribution in [1.82, 2.24) is 0 Å². The Labute approximate surface area is 325 Å². The molecule has 0 radical (unpaired) electrons. The molecule has 0 aliphatic rings. The standard InChI is InChI=1S/C46H72O8/c1-5-9-13-17-21-25-29-33-34(30-26-22-18-14-10-6-2)38(44(49)50)42-40(46(53)54)36(32-28-24-20-16-12-8-4)35(31-27-23-19-15-11-7-3)39(45(51)52)41(42)37(33)43(47)48/h5-32H2,1-4H3,(H,47,48)(H,49,50)(H,51,52)(H,53,54). The highest BCUT2D eigenvalue weighted by atomic mass is 16.4. The van der Waals surface area contributed by atoms with Crippen LogP contribution in [0.25, 0.3) is 10.8 Å². The summed E-state index contributed by atoms with van der Waals surface area (Å²) in [6, 6.07) is 0. The summed E-state index contributed by atoms with van der Waals surface area (Å²) in [5.41, 5.74) is 0.571. The van der Waals surface area contributed by atoms with Crippen molar-refractivity contribution >= 4 is 34.6 Å². The first-order chi connectivity index (χ1) is 26.1. The molecule has 0 atom stereocenters. The van der Waals surface area contributed by atoms with Crippen LogP contribution in [0.15, 0.2) is 0 Å². The average Bonchev–Trinajstić information content (AvgIpc) is 3.12. The zero-order valence-corrected chi connectivity index (χ0v) is 34.2. The Morgan fingerprint density at radius 2 is 0.463 bits per heavy atom. The second-order valence-electron chi connectivity index (χ2n) is 15.5. The van der Waals surface area contributed by atoms with E-state index >= 15 is 0 Å². The van der Waals surface area contributed by atoms with Crippen LogP contribution in [-0.4, -0.2) is 44.3 Å². The van der Waals surface area contributed by atoms with Crippen LogP contribution in [0.3, 0.4) is 0 Å². The van der Waals surface area contributed by atoms with Gasteiger partial charge < -0.3 is 20.4 Å². The Kier molecular flexibility index (Phi) is 22.8. The molecule has 2 aromatic rings. The van der Waals surface area contributed by atoms with E-state index in [0.29, 0.717) is 73.6 Å². The Hall–Kier alpha value is -3.42. The topological polar surface area (TPSA) is 149 Å². The summed E-state index contributed by atoms with van der Waals surface area (Å²) in [5.74, 6) is -5.35. The van der Waals surface area contributed by atoms with Crippen LogP contribution < -0.4 is 0 Å². The number of rotatable bonds is 32. The van der Waals surface area contributed by atoms with Gasteiger partial charge in [-0.25, -0.2) is 19.2 Å². The van der Waals surface area contributed by atoms with E-state index in [0.717, 1.165) is 128 Å². The number of fused-ring (bicyclic) bond motifs is 1. The first kappa shape index (κ1) is 46.7. The van der Waals surface area contributed by atoms with Crippen LogP contribution in [0.4, 0.5) is 0 Å². The van der Waals surface area contributed by atoms with Gasteiger partial charge in [-0.1, -0.05) is 156 Å². The summed E-state index contributed by atoms with van der Waals surface area (Å²) in [5, 5.41) is 43.6. The third-order valence-corrected chi connectivity index (χ3v) is 11.2. The molecule has 0 amide bonds. The zero-order valence-electron chi connectivity index (χ0n) is 34.2. The third kappa shape index (κ3) is 14.0. The summed E-state index contributed by atoms with van der Waals surface area (Å²) < 4.78 is 0. The molecule has 0 aliphatic carbocycles. The van der Waals surface area contributed by atoms with E-state index in [1.807, 2.05) is 0 Å². The minimum absolute atomic E-state index is 0.217. The molecular formula is C46H72O8. The van der Waals surface area contributed by atoms with Crippen LogP contribution in [0.5, 0.6) is 0 Å². The third-order valence-electron chi connectivity index (χ3n) is 11.2. The number of carboxylic acids is 4. The molecule has 0 saturated carbocycles. The lowest BCUT2D eigenvalue weighted by Gasteiger charge is -2.26. The molecule has 8 heteroatoms. The van der Waals surface area contributed by atoms with E-state index in [1.54, 1.807) is 0 Å². The van der Waals surface area contributed by atoms with Crippen LogP contribution >= 0.6 is 0 Å². The maximum Gasteiger partial charge on any atom is 0.336 e. The molecule has 4 N–H and O–H groups in total.